The molecule has 0 radical (unpaired) electrons. The van der Waals surface area contributed by atoms with Crippen LogP contribution in [0.2, 0.25) is 8.67 Å². The Hall–Kier alpha value is 0.460. The fourth-order valence-corrected chi connectivity index (χ4v) is 4.37. The van der Waals surface area contributed by atoms with Gasteiger partial charge in [0.25, 0.3) is 0 Å². The van der Waals surface area contributed by atoms with E-state index in [9.17, 15) is 0 Å². The molecule has 0 aliphatic heterocycles. The topological polar surface area (TPSA) is 0 Å². The lowest BCUT2D eigenvalue weighted by molar-refractivity contribution is 0.954. The minimum absolute atomic E-state index is 0.194. The molecule has 0 aliphatic rings. The minimum atomic E-state index is 0.194. The number of hydrogen-bond donors (Lipinski definition) is 0. The van der Waals surface area contributed by atoms with E-state index in [1.807, 2.05) is 18.2 Å². The summed E-state index contributed by atoms with van der Waals surface area (Å²) in [5.74, 6) is 0. The number of benzene rings is 1. The third-order valence-corrected chi connectivity index (χ3v) is 5.21. The zero-order chi connectivity index (χ0) is 12.4. The second-order valence-electron chi connectivity index (χ2n) is 3.58. The van der Waals surface area contributed by atoms with Crippen LogP contribution < -0.4 is 0 Å². The lowest BCUT2D eigenvalue weighted by Gasteiger charge is -2.09. The first kappa shape index (κ1) is 13.9. The second kappa shape index (κ2) is 6.07. The molecular weight excluding hydrogens is 407 g/mol. The molecule has 1 unspecified atom stereocenters. The summed E-state index contributed by atoms with van der Waals surface area (Å²) in [4.78, 5) is 0.194. The molecule has 0 fully saturated rings. The standard InChI is InChI=1S/C12H8Br2Cl2S/c13-8-3-1-7(2-4-8)5-10(14)9-6-11(15)17-12(9)16/h1-4,6,10H,5H2. The Morgan fingerprint density at radius 1 is 1.18 bits per heavy atom. The van der Waals surface area contributed by atoms with Crippen LogP contribution in [-0.2, 0) is 6.42 Å². The maximum atomic E-state index is 6.13. The molecule has 0 nitrogen and oxygen atoms in total. The molecule has 2 rings (SSSR count). The Morgan fingerprint density at radius 3 is 2.35 bits per heavy atom. The van der Waals surface area contributed by atoms with Gasteiger partial charge in [-0.1, -0.05) is 67.2 Å². The summed E-state index contributed by atoms with van der Waals surface area (Å²) < 4.78 is 2.57. The zero-order valence-corrected chi connectivity index (χ0v) is 14.1. The van der Waals surface area contributed by atoms with E-state index in [2.05, 4.69) is 44.0 Å². The summed E-state index contributed by atoms with van der Waals surface area (Å²) in [5.41, 5.74) is 2.32. The van der Waals surface area contributed by atoms with Crippen molar-refractivity contribution in [3.05, 3.63) is 54.6 Å². The second-order valence-corrected chi connectivity index (χ2v) is 7.88. The van der Waals surface area contributed by atoms with Crippen LogP contribution in [0.5, 0.6) is 0 Å². The van der Waals surface area contributed by atoms with Gasteiger partial charge < -0.3 is 0 Å². The molecule has 0 bridgehead atoms. The third-order valence-electron chi connectivity index (χ3n) is 2.35. The van der Waals surface area contributed by atoms with Crippen molar-refractivity contribution in [3.63, 3.8) is 0 Å². The van der Waals surface area contributed by atoms with E-state index in [0.717, 1.165) is 25.1 Å². The van der Waals surface area contributed by atoms with E-state index < -0.39 is 0 Å². The average Bonchev–Trinajstić information content (AvgIpc) is 2.61. The minimum Gasteiger partial charge on any atom is -0.111 e. The van der Waals surface area contributed by atoms with E-state index in [0.29, 0.717) is 0 Å². The number of alkyl halides is 1. The highest BCUT2D eigenvalue weighted by Gasteiger charge is 2.15. The highest BCUT2D eigenvalue weighted by molar-refractivity contribution is 9.10. The molecule has 0 saturated carbocycles. The molecular formula is C12H8Br2Cl2S. The monoisotopic (exact) mass is 412 g/mol. The summed E-state index contributed by atoms with van der Waals surface area (Å²) in [6, 6.07) is 10.2. The van der Waals surface area contributed by atoms with Crippen LogP contribution in [0, 0.1) is 0 Å². The highest BCUT2D eigenvalue weighted by atomic mass is 79.9. The van der Waals surface area contributed by atoms with E-state index in [1.54, 1.807) is 0 Å². The molecule has 0 saturated heterocycles. The van der Waals surface area contributed by atoms with E-state index in [4.69, 9.17) is 23.2 Å². The molecule has 1 aromatic heterocycles. The van der Waals surface area contributed by atoms with Gasteiger partial charge in [-0.25, -0.2) is 0 Å². The van der Waals surface area contributed by atoms with Crippen LogP contribution in [0.25, 0.3) is 0 Å². The first-order valence-corrected chi connectivity index (χ1v) is 8.17. The maximum Gasteiger partial charge on any atom is 0.0987 e. The number of halogens is 4. The zero-order valence-electron chi connectivity index (χ0n) is 8.59. The van der Waals surface area contributed by atoms with Gasteiger partial charge in [0.2, 0.25) is 0 Å². The Morgan fingerprint density at radius 2 is 1.82 bits per heavy atom. The molecule has 1 heterocycles. The molecule has 1 aromatic carbocycles. The smallest absolute Gasteiger partial charge is 0.0987 e. The largest absolute Gasteiger partial charge is 0.111 e. The van der Waals surface area contributed by atoms with Crippen LogP contribution >= 0.6 is 66.4 Å². The molecule has 0 amide bonds. The fourth-order valence-electron chi connectivity index (χ4n) is 1.50. The first-order valence-electron chi connectivity index (χ1n) is 4.89. The van der Waals surface area contributed by atoms with Gasteiger partial charge >= 0.3 is 0 Å². The molecule has 90 valence electrons. The molecule has 0 aliphatic carbocycles. The molecule has 2 aromatic rings. The van der Waals surface area contributed by atoms with Crippen LogP contribution in [0.3, 0.4) is 0 Å². The van der Waals surface area contributed by atoms with Crippen molar-refractivity contribution in [1.82, 2.24) is 0 Å². The van der Waals surface area contributed by atoms with Gasteiger partial charge in [0, 0.05) is 9.30 Å². The van der Waals surface area contributed by atoms with Crippen molar-refractivity contribution in [1.29, 1.82) is 0 Å². The van der Waals surface area contributed by atoms with Crippen LogP contribution in [0.15, 0.2) is 34.8 Å². The number of rotatable bonds is 3. The van der Waals surface area contributed by atoms with Gasteiger partial charge in [-0.05, 0) is 35.7 Å². The van der Waals surface area contributed by atoms with E-state index in [-0.39, 0.29) is 4.83 Å². The van der Waals surface area contributed by atoms with E-state index in [1.165, 1.54) is 16.9 Å². The van der Waals surface area contributed by atoms with Crippen molar-refractivity contribution in [2.45, 2.75) is 11.2 Å². The number of thiophene rings is 1. The van der Waals surface area contributed by atoms with Crippen molar-refractivity contribution >= 4 is 66.4 Å². The normalized spacial score (nSPS) is 12.7. The molecule has 5 heteroatoms. The van der Waals surface area contributed by atoms with Gasteiger partial charge in [-0.15, -0.1) is 11.3 Å². The third kappa shape index (κ3) is 3.71. The molecule has 1 atom stereocenters. The van der Waals surface area contributed by atoms with Gasteiger partial charge in [-0.2, -0.15) is 0 Å². The summed E-state index contributed by atoms with van der Waals surface area (Å²) in [6.45, 7) is 0. The fraction of sp³-hybridized carbons (Fsp3) is 0.167. The van der Waals surface area contributed by atoms with Crippen molar-refractivity contribution in [2.24, 2.45) is 0 Å². The number of hydrogen-bond acceptors (Lipinski definition) is 1. The molecule has 0 N–H and O–H groups in total. The lowest BCUT2D eigenvalue weighted by Crippen LogP contribution is -1.94. The van der Waals surface area contributed by atoms with Crippen molar-refractivity contribution in [2.75, 3.05) is 0 Å². The quantitative estimate of drug-likeness (QED) is 0.503. The predicted molar refractivity (Wildman–Crippen MR) is 83.9 cm³/mol. The van der Waals surface area contributed by atoms with Crippen molar-refractivity contribution in [3.8, 4) is 0 Å². The summed E-state index contributed by atoms with van der Waals surface area (Å²) >= 11 is 20.6. The molecule has 17 heavy (non-hydrogen) atoms. The van der Waals surface area contributed by atoms with Gasteiger partial charge in [0.15, 0.2) is 0 Å². The maximum absolute atomic E-state index is 6.13. The Kier molecular flexibility index (Phi) is 4.96. The first-order chi connectivity index (χ1) is 8.06. The lowest BCUT2D eigenvalue weighted by atomic mass is 10.1. The summed E-state index contributed by atoms with van der Waals surface area (Å²) in [7, 11) is 0. The van der Waals surface area contributed by atoms with E-state index >= 15 is 0 Å². The van der Waals surface area contributed by atoms with Crippen LogP contribution in [0.4, 0.5) is 0 Å². The van der Waals surface area contributed by atoms with Crippen molar-refractivity contribution < 1.29 is 0 Å². The van der Waals surface area contributed by atoms with Crippen LogP contribution in [-0.4, -0.2) is 0 Å². The Labute approximate surface area is 131 Å². The van der Waals surface area contributed by atoms with Gasteiger partial charge in [0.05, 0.1) is 8.67 Å². The Bertz CT molecular complexity index is 508. The van der Waals surface area contributed by atoms with Crippen LogP contribution in [0.1, 0.15) is 16.0 Å². The van der Waals surface area contributed by atoms with Gasteiger partial charge in [-0.3, -0.25) is 0 Å². The summed E-state index contributed by atoms with van der Waals surface area (Å²) in [6.07, 6.45) is 0.889. The van der Waals surface area contributed by atoms with Gasteiger partial charge in [0.1, 0.15) is 0 Å². The SMILES string of the molecule is Clc1cc(C(Br)Cc2ccc(Br)cc2)c(Cl)s1. The summed E-state index contributed by atoms with van der Waals surface area (Å²) in [5, 5.41) is 0. The predicted octanol–water partition coefficient (Wildman–Crippen LogP) is 6.50. The molecule has 0 spiro atoms. The Balaban J connectivity index is 2.14. The highest BCUT2D eigenvalue weighted by Crippen LogP contribution is 2.39. The average molecular weight is 415 g/mol.